The molecule has 22 heavy (non-hydrogen) atoms. The quantitative estimate of drug-likeness (QED) is 0.612. The van der Waals surface area contributed by atoms with Crippen molar-refractivity contribution in [3.63, 3.8) is 0 Å². The Morgan fingerprint density at radius 1 is 0.955 bits per heavy atom. The second-order valence-electron chi connectivity index (χ2n) is 10.0. The van der Waals surface area contributed by atoms with Gasteiger partial charge in [-0.3, -0.25) is 4.79 Å². The molecule has 0 N–H and O–H groups in total. The van der Waals surface area contributed by atoms with Gasteiger partial charge in [-0.25, -0.2) is 0 Å². The van der Waals surface area contributed by atoms with Gasteiger partial charge < -0.3 is 4.74 Å². The highest BCUT2D eigenvalue weighted by molar-refractivity contribution is 5.76. The molecule has 1 rings (SSSR count). The van der Waals surface area contributed by atoms with Crippen LogP contribution in [-0.4, -0.2) is 12.1 Å². The lowest BCUT2D eigenvalue weighted by molar-refractivity contribution is -0.169. The van der Waals surface area contributed by atoms with Crippen LogP contribution in [0.25, 0.3) is 0 Å². The monoisotopic (exact) mass is 310 g/mol. The van der Waals surface area contributed by atoms with Crippen molar-refractivity contribution < 1.29 is 9.53 Å². The van der Waals surface area contributed by atoms with Gasteiger partial charge in [-0.1, -0.05) is 48.5 Å². The van der Waals surface area contributed by atoms with Gasteiger partial charge in [0, 0.05) is 5.92 Å². The average molecular weight is 311 g/mol. The van der Waals surface area contributed by atoms with E-state index in [4.69, 9.17) is 4.74 Å². The molecular weight excluding hydrogens is 272 g/mol. The van der Waals surface area contributed by atoms with Crippen molar-refractivity contribution >= 4 is 5.97 Å². The van der Waals surface area contributed by atoms with Crippen LogP contribution in [0.3, 0.4) is 0 Å². The van der Waals surface area contributed by atoms with Crippen molar-refractivity contribution in [2.24, 2.45) is 28.1 Å². The van der Waals surface area contributed by atoms with Gasteiger partial charge in [-0.05, 0) is 56.3 Å². The molecular formula is C20H38O2. The zero-order valence-electron chi connectivity index (χ0n) is 16.4. The van der Waals surface area contributed by atoms with Crippen molar-refractivity contribution in [1.82, 2.24) is 0 Å². The van der Waals surface area contributed by atoms with Gasteiger partial charge in [0.2, 0.25) is 0 Å². The second kappa shape index (κ2) is 6.53. The minimum atomic E-state index is -0.372. The molecule has 1 saturated carbocycles. The minimum absolute atomic E-state index is 0.0246. The Morgan fingerprint density at radius 2 is 1.50 bits per heavy atom. The standard InChI is InChI=1S/C20H38O2/c1-10-20(8,9)17(21)22-16-12-11-14(18(2,3)4)13-15(16)19(5,6)7/h14-16H,10-13H2,1-9H3. The average Bonchev–Trinajstić information content (AvgIpc) is 2.36. The molecule has 1 aliphatic carbocycles. The molecule has 130 valence electrons. The van der Waals surface area contributed by atoms with E-state index in [1.54, 1.807) is 0 Å². The van der Waals surface area contributed by atoms with E-state index < -0.39 is 0 Å². The molecule has 0 aromatic rings. The van der Waals surface area contributed by atoms with Crippen LogP contribution < -0.4 is 0 Å². The maximum absolute atomic E-state index is 12.5. The molecule has 0 radical (unpaired) electrons. The molecule has 1 aliphatic rings. The molecule has 0 spiro atoms. The number of rotatable bonds is 3. The van der Waals surface area contributed by atoms with Crippen LogP contribution in [0.2, 0.25) is 0 Å². The Bertz CT molecular complexity index is 381. The predicted octanol–water partition coefficient (Wildman–Crippen LogP) is 5.84. The topological polar surface area (TPSA) is 26.3 Å². The van der Waals surface area contributed by atoms with Crippen LogP contribution in [0.5, 0.6) is 0 Å². The number of hydrogen-bond donors (Lipinski definition) is 0. The Balaban J connectivity index is 2.89. The maximum atomic E-state index is 12.5. The fraction of sp³-hybridized carbons (Fsp3) is 0.950. The van der Waals surface area contributed by atoms with Crippen LogP contribution >= 0.6 is 0 Å². The lowest BCUT2D eigenvalue weighted by Crippen LogP contribution is -2.44. The second-order valence-corrected chi connectivity index (χ2v) is 10.0. The Morgan fingerprint density at radius 3 is 1.91 bits per heavy atom. The van der Waals surface area contributed by atoms with E-state index in [1.165, 1.54) is 6.42 Å². The fourth-order valence-electron chi connectivity index (χ4n) is 3.42. The van der Waals surface area contributed by atoms with Gasteiger partial charge in [-0.15, -0.1) is 0 Å². The van der Waals surface area contributed by atoms with Crippen LogP contribution in [-0.2, 0) is 9.53 Å². The highest BCUT2D eigenvalue weighted by atomic mass is 16.5. The third-order valence-electron chi connectivity index (χ3n) is 5.82. The molecule has 0 amide bonds. The first-order valence-electron chi connectivity index (χ1n) is 9.00. The molecule has 2 nitrogen and oxygen atoms in total. The number of esters is 1. The van der Waals surface area contributed by atoms with Crippen molar-refractivity contribution in [2.75, 3.05) is 0 Å². The molecule has 2 heteroatoms. The molecule has 1 fully saturated rings. The van der Waals surface area contributed by atoms with Gasteiger partial charge in [0.05, 0.1) is 5.41 Å². The first-order chi connectivity index (χ1) is 9.79. The van der Waals surface area contributed by atoms with E-state index in [9.17, 15) is 4.79 Å². The number of carbonyl (C=O) groups is 1. The third kappa shape index (κ3) is 4.73. The Kier molecular flexibility index (Phi) is 5.79. The molecule has 0 heterocycles. The maximum Gasteiger partial charge on any atom is 0.311 e. The molecule has 0 aromatic carbocycles. The number of carbonyl (C=O) groups excluding carboxylic acids is 1. The number of ether oxygens (including phenoxy) is 1. The van der Waals surface area contributed by atoms with Crippen molar-refractivity contribution in [2.45, 2.75) is 94.1 Å². The van der Waals surface area contributed by atoms with Gasteiger partial charge in [-0.2, -0.15) is 0 Å². The molecule has 0 aromatic heterocycles. The van der Waals surface area contributed by atoms with E-state index >= 15 is 0 Å². The van der Waals surface area contributed by atoms with Crippen molar-refractivity contribution in [1.29, 1.82) is 0 Å². The first-order valence-corrected chi connectivity index (χ1v) is 9.00. The van der Waals surface area contributed by atoms with E-state index in [0.717, 1.165) is 19.3 Å². The highest BCUT2D eigenvalue weighted by Gasteiger charge is 2.43. The van der Waals surface area contributed by atoms with Gasteiger partial charge in [0.15, 0.2) is 0 Å². The summed E-state index contributed by atoms with van der Waals surface area (Å²) in [6.07, 6.45) is 4.24. The van der Waals surface area contributed by atoms with Crippen LogP contribution in [0.4, 0.5) is 0 Å². The summed E-state index contributed by atoms with van der Waals surface area (Å²) < 4.78 is 6.01. The van der Waals surface area contributed by atoms with Gasteiger partial charge in [0.1, 0.15) is 6.10 Å². The Hall–Kier alpha value is -0.530. The fourth-order valence-corrected chi connectivity index (χ4v) is 3.42. The summed E-state index contributed by atoms with van der Waals surface area (Å²) >= 11 is 0. The normalized spacial score (nSPS) is 27.6. The van der Waals surface area contributed by atoms with Crippen LogP contribution in [0, 0.1) is 28.1 Å². The number of hydrogen-bond acceptors (Lipinski definition) is 2. The molecule has 0 bridgehead atoms. The minimum Gasteiger partial charge on any atom is -0.462 e. The lowest BCUT2D eigenvalue weighted by atomic mass is 9.62. The zero-order chi connectivity index (χ0) is 17.3. The van der Waals surface area contributed by atoms with Crippen molar-refractivity contribution in [3.8, 4) is 0 Å². The smallest absolute Gasteiger partial charge is 0.311 e. The van der Waals surface area contributed by atoms with Gasteiger partial charge in [0.25, 0.3) is 0 Å². The van der Waals surface area contributed by atoms with Gasteiger partial charge >= 0.3 is 5.97 Å². The largest absolute Gasteiger partial charge is 0.462 e. The van der Waals surface area contributed by atoms with Crippen molar-refractivity contribution in [3.05, 3.63) is 0 Å². The summed E-state index contributed by atoms with van der Waals surface area (Å²) in [5.41, 5.74) is 0.135. The van der Waals surface area contributed by atoms with E-state index in [1.807, 2.05) is 13.8 Å². The lowest BCUT2D eigenvalue weighted by Gasteiger charge is -2.46. The summed E-state index contributed by atoms with van der Waals surface area (Å²) in [5, 5.41) is 0. The molecule has 0 saturated heterocycles. The summed E-state index contributed by atoms with van der Waals surface area (Å²) in [6.45, 7) is 19.9. The highest BCUT2D eigenvalue weighted by Crippen LogP contribution is 2.47. The van der Waals surface area contributed by atoms with Crippen LogP contribution in [0.15, 0.2) is 0 Å². The summed E-state index contributed by atoms with van der Waals surface area (Å²) in [7, 11) is 0. The van der Waals surface area contributed by atoms with E-state index in [2.05, 4.69) is 48.5 Å². The molecule has 3 unspecified atom stereocenters. The predicted molar refractivity (Wildman–Crippen MR) is 93.7 cm³/mol. The zero-order valence-corrected chi connectivity index (χ0v) is 16.4. The SMILES string of the molecule is CCC(C)(C)C(=O)OC1CCC(C(C)(C)C)CC1C(C)(C)C. The third-order valence-corrected chi connectivity index (χ3v) is 5.82. The van der Waals surface area contributed by atoms with E-state index in [0.29, 0.717) is 17.3 Å². The first kappa shape index (κ1) is 19.5. The van der Waals surface area contributed by atoms with E-state index in [-0.39, 0.29) is 22.9 Å². The molecule has 0 aliphatic heterocycles. The summed E-state index contributed by atoms with van der Waals surface area (Å²) in [6, 6.07) is 0. The van der Waals surface area contributed by atoms with Crippen LogP contribution in [0.1, 0.15) is 88.0 Å². The summed E-state index contributed by atoms with van der Waals surface area (Å²) in [5.74, 6) is 1.14. The summed E-state index contributed by atoms with van der Waals surface area (Å²) in [4.78, 5) is 12.5. The molecule has 3 atom stereocenters. The Labute approximate surface area is 138 Å².